The quantitative estimate of drug-likeness (QED) is 0.480. The number of anilines is 1. The molecular formula is C17H16ClN3O3. The van der Waals surface area contributed by atoms with E-state index in [0.29, 0.717) is 16.5 Å². The molecule has 2 rings (SSSR count). The van der Waals surface area contributed by atoms with Crippen molar-refractivity contribution in [2.45, 2.75) is 6.42 Å². The number of carbonyl (C=O) groups excluding carboxylic acids is 2. The summed E-state index contributed by atoms with van der Waals surface area (Å²) in [5.41, 5.74) is 3.51. The van der Waals surface area contributed by atoms with E-state index in [2.05, 4.69) is 15.8 Å². The molecule has 0 aliphatic heterocycles. The van der Waals surface area contributed by atoms with Crippen LogP contribution in [0.3, 0.4) is 0 Å². The zero-order chi connectivity index (χ0) is 17.4. The van der Waals surface area contributed by atoms with Gasteiger partial charge in [0.2, 0.25) is 11.8 Å². The molecule has 0 saturated heterocycles. The third-order valence-electron chi connectivity index (χ3n) is 2.97. The molecule has 2 amide bonds. The predicted molar refractivity (Wildman–Crippen MR) is 93.4 cm³/mol. The number of para-hydroxylation sites is 1. The molecule has 2 aromatic carbocycles. The van der Waals surface area contributed by atoms with E-state index in [1.807, 2.05) is 6.07 Å². The van der Waals surface area contributed by atoms with Crippen molar-refractivity contribution in [3.05, 3.63) is 59.1 Å². The summed E-state index contributed by atoms with van der Waals surface area (Å²) in [6, 6.07) is 14.0. The summed E-state index contributed by atoms with van der Waals surface area (Å²) >= 11 is 5.93. The van der Waals surface area contributed by atoms with Gasteiger partial charge in [-0.25, -0.2) is 5.43 Å². The molecule has 0 aliphatic carbocycles. The minimum absolute atomic E-state index is 0.360. The molecule has 6 nitrogen and oxygen atoms in total. The van der Waals surface area contributed by atoms with Crippen LogP contribution in [0.2, 0.25) is 5.02 Å². The Morgan fingerprint density at radius 3 is 2.71 bits per heavy atom. The number of amides is 2. The average molecular weight is 346 g/mol. The molecular weight excluding hydrogens is 330 g/mol. The first kappa shape index (κ1) is 17.5. The Morgan fingerprint density at radius 1 is 1.17 bits per heavy atom. The topological polar surface area (TPSA) is 79.8 Å². The van der Waals surface area contributed by atoms with E-state index < -0.39 is 11.8 Å². The van der Waals surface area contributed by atoms with Crippen LogP contribution in [-0.4, -0.2) is 25.1 Å². The minimum Gasteiger partial charge on any atom is -0.497 e. The Bertz CT molecular complexity index is 762. The number of nitrogens with one attached hydrogen (secondary N) is 2. The van der Waals surface area contributed by atoms with Crippen molar-refractivity contribution in [1.82, 2.24) is 5.43 Å². The van der Waals surface area contributed by atoms with Gasteiger partial charge in [-0.15, -0.1) is 0 Å². The second-order valence-electron chi connectivity index (χ2n) is 4.77. The summed E-state index contributed by atoms with van der Waals surface area (Å²) in [5, 5.41) is 6.78. The molecule has 0 radical (unpaired) electrons. The number of carbonyl (C=O) groups is 2. The van der Waals surface area contributed by atoms with E-state index >= 15 is 0 Å². The van der Waals surface area contributed by atoms with Crippen molar-refractivity contribution in [2.24, 2.45) is 5.10 Å². The fraction of sp³-hybridized carbons (Fsp3) is 0.118. The SMILES string of the molecule is COc1cccc(C=NNC(=O)CC(=O)Nc2ccccc2Cl)c1. The van der Waals surface area contributed by atoms with Crippen molar-refractivity contribution in [1.29, 1.82) is 0 Å². The van der Waals surface area contributed by atoms with Gasteiger partial charge in [-0.2, -0.15) is 5.10 Å². The fourth-order valence-electron chi connectivity index (χ4n) is 1.84. The Labute approximate surface area is 144 Å². The number of hydrogen-bond acceptors (Lipinski definition) is 4. The fourth-order valence-corrected chi connectivity index (χ4v) is 2.03. The number of nitrogens with zero attached hydrogens (tertiary/aromatic N) is 1. The van der Waals surface area contributed by atoms with Crippen molar-refractivity contribution >= 4 is 35.3 Å². The zero-order valence-corrected chi connectivity index (χ0v) is 13.7. The van der Waals surface area contributed by atoms with E-state index in [-0.39, 0.29) is 6.42 Å². The summed E-state index contributed by atoms with van der Waals surface area (Å²) in [6.07, 6.45) is 1.10. The molecule has 0 aromatic heterocycles. The summed E-state index contributed by atoms with van der Waals surface area (Å²) < 4.78 is 5.09. The Morgan fingerprint density at radius 2 is 1.96 bits per heavy atom. The Kier molecular flexibility index (Phi) is 6.33. The number of methoxy groups -OCH3 is 1. The molecule has 2 N–H and O–H groups in total. The maximum Gasteiger partial charge on any atom is 0.249 e. The first-order chi connectivity index (χ1) is 11.6. The van der Waals surface area contributed by atoms with Gasteiger partial charge in [0, 0.05) is 0 Å². The lowest BCUT2D eigenvalue weighted by Gasteiger charge is -2.06. The summed E-state index contributed by atoms with van der Waals surface area (Å²) in [4.78, 5) is 23.5. The first-order valence-electron chi connectivity index (χ1n) is 7.09. The van der Waals surface area contributed by atoms with Crippen LogP contribution in [0.1, 0.15) is 12.0 Å². The van der Waals surface area contributed by atoms with Gasteiger partial charge in [-0.1, -0.05) is 35.9 Å². The molecule has 7 heteroatoms. The molecule has 0 unspecified atom stereocenters. The molecule has 24 heavy (non-hydrogen) atoms. The molecule has 0 heterocycles. The molecule has 2 aromatic rings. The van der Waals surface area contributed by atoms with Gasteiger partial charge >= 0.3 is 0 Å². The van der Waals surface area contributed by atoms with Gasteiger partial charge in [0.1, 0.15) is 12.2 Å². The highest BCUT2D eigenvalue weighted by Gasteiger charge is 2.10. The van der Waals surface area contributed by atoms with E-state index in [1.165, 1.54) is 6.21 Å². The number of hydrazone groups is 1. The summed E-state index contributed by atoms with van der Waals surface area (Å²) in [5.74, 6) is -0.319. The van der Waals surface area contributed by atoms with Crippen LogP contribution in [0.4, 0.5) is 5.69 Å². The summed E-state index contributed by atoms with van der Waals surface area (Å²) in [6.45, 7) is 0. The molecule has 0 bridgehead atoms. The molecule has 0 spiro atoms. The van der Waals surface area contributed by atoms with Crippen molar-refractivity contribution in [2.75, 3.05) is 12.4 Å². The largest absolute Gasteiger partial charge is 0.497 e. The van der Waals surface area contributed by atoms with Crippen LogP contribution in [0.25, 0.3) is 0 Å². The van der Waals surface area contributed by atoms with Crippen LogP contribution in [0.15, 0.2) is 53.6 Å². The van der Waals surface area contributed by atoms with Crippen LogP contribution in [-0.2, 0) is 9.59 Å². The zero-order valence-electron chi connectivity index (χ0n) is 13.0. The smallest absolute Gasteiger partial charge is 0.249 e. The number of ether oxygens (including phenoxy) is 1. The second-order valence-corrected chi connectivity index (χ2v) is 5.18. The van der Waals surface area contributed by atoms with E-state index in [0.717, 1.165) is 5.56 Å². The van der Waals surface area contributed by atoms with Gasteiger partial charge in [0.15, 0.2) is 0 Å². The number of hydrogen-bond donors (Lipinski definition) is 2. The van der Waals surface area contributed by atoms with E-state index in [1.54, 1.807) is 49.6 Å². The molecule has 124 valence electrons. The first-order valence-corrected chi connectivity index (χ1v) is 7.46. The van der Waals surface area contributed by atoms with Crippen LogP contribution in [0.5, 0.6) is 5.75 Å². The maximum absolute atomic E-state index is 11.8. The lowest BCUT2D eigenvalue weighted by Crippen LogP contribution is -2.24. The van der Waals surface area contributed by atoms with Gasteiger partial charge in [0.05, 0.1) is 24.0 Å². The predicted octanol–water partition coefficient (Wildman–Crippen LogP) is 2.83. The van der Waals surface area contributed by atoms with Crippen molar-refractivity contribution in [3.8, 4) is 5.75 Å². The maximum atomic E-state index is 11.8. The highest BCUT2D eigenvalue weighted by atomic mass is 35.5. The molecule has 0 saturated carbocycles. The minimum atomic E-state index is -0.529. The third-order valence-corrected chi connectivity index (χ3v) is 3.30. The number of benzene rings is 2. The van der Waals surface area contributed by atoms with Gasteiger partial charge in [0.25, 0.3) is 0 Å². The average Bonchev–Trinajstić information content (AvgIpc) is 2.57. The van der Waals surface area contributed by atoms with Crippen LogP contribution < -0.4 is 15.5 Å². The highest BCUT2D eigenvalue weighted by molar-refractivity contribution is 6.33. The van der Waals surface area contributed by atoms with Crippen LogP contribution >= 0.6 is 11.6 Å². The Balaban J connectivity index is 1.83. The second kappa shape index (κ2) is 8.69. The lowest BCUT2D eigenvalue weighted by molar-refractivity contribution is -0.126. The van der Waals surface area contributed by atoms with E-state index in [4.69, 9.17) is 16.3 Å². The van der Waals surface area contributed by atoms with Crippen molar-refractivity contribution in [3.63, 3.8) is 0 Å². The van der Waals surface area contributed by atoms with Crippen molar-refractivity contribution < 1.29 is 14.3 Å². The number of halogens is 1. The van der Waals surface area contributed by atoms with Gasteiger partial charge in [-0.05, 0) is 29.8 Å². The normalized spacial score (nSPS) is 10.4. The summed E-state index contributed by atoms with van der Waals surface area (Å²) in [7, 11) is 1.57. The third kappa shape index (κ3) is 5.40. The van der Waals surface area contributed by atoms with Gasteiger partial charge < -0.3 is 10.1 Å². The molecule has 0 fully saturated rings. The molecule has 0 aliphatic rings. The highest BCUT2D eigenvalue weighted by Crippen LogP contribution is 2.20. The number of rotatable bonds is 6. The van der Waals surface area contributed by atoms with Crippen LogP contribution in [0, 0.1) is 0 Å². The standard InChI is InChI=1S/C17H16ClN3O3/c1-24-13-6-4-5-12(9-13)11-19-21-17(23)10-16(22)20-15-8-3-2-7-14(15)18/h2-9,11H,10H2,1H3,(H,20,22)(H,21,23). The lowest BCUT2D eigenvalue weighted by atomic mass is 10.2. The molecule has 0 atom stereocenters. The van der Waals surface area contributed by atoms with E-state index in [9.17, 15) is 9.59 Å². The van der Waals surface area contributed by atoms with Gasteiger partial charge in [-0.3, -0.25) is 9.59 Å². The Hall–Kier alpha value is -2.86. The monoisotopic (exact) mass is 345 g/mol.